The Hall–Kier alpha value is 0.752. The molecule has 0 amide bonds. The fourth-order valence-corrected chi connectivity index (χ4v) is 0. The molecule has 0 atom stereocenters. The van der Waals surface area contributed by atoms with Crippen LogP contribution in [0, 0.1) is 55.4 Å². The van der Waals surface area contributed by atoms with E-state index in [1.165, 1.54) is 19.2 Å². The summed E-state index contributed by atoms with van der Waals surface area (Å²) >= 11 is 1.50. The minimum absolute atomic E-state index is 0. The van der Waals surface area contributed by atoms with E-state index in [2.05, 4.69) is 55.4 Å². The molecule has 0 aromatic heterocycles. The Morgan fingerprint density at radius 3 is 0.368 bits per heavy atom. The van der Waals surface area contributed by atoms with Crippen LogP contribution in [0.25, 0.3) is 0 Å². The van der Waals surface area contributed by atoms with Crippen LogP contribution in [-0.2, 0) is 22.6 Å². The number of hydrogen-bond donors (Lipinski definition) is 0. The monoisotopic (exact) mass is 390 g/mol. The molecule has 0 radical (unpaired) electrons. The van der Waals surface area contributed by atoms with E-state index in [0.29, 0.717) is 0 Å². The van der Waals surface area contributed by atoms with Crippen molar-refractivity contribution in [2.24, 2.45) is 0 Å². The third-order valence-electron chi connectivity index (χ3n) is 0. The summed E-state index contributed by atoms with van der Waals surface area (Å²) in [6.45, 7) is 40.0. The van der Waals surface area contributed by atoms with E-state index < -0.39 is 0 Å². The average Bonchev–Trinajstić information content (AvgIpc) is 2.63. The van der Waals surface area contributed by atoms with E-state index in [-0.39, 0.29) is 12.4 Å². The van der Waals surface area contributed by atoms with Gasteiger partial charge in [-0.3, -0.25) is 0 Å². The zero-order chi connectivity index (χ0) is 18.0. The topological polar surface area (TPSA) is 17.1 Å². The van der Waals surface area contributed by atoms with Crippen LogP contribution in [0.5, 0.6) is 0 Å². The van der Waals surface area contributed by atoms with Crippen LogP contribution in [-0.4, -0.2) is 0 Å². The van der Waals surface area contributed by atoms with Crippen molar-refractivity contribution < 1.29 is 22.6 Å². The minimum atomic E-state index is 0. The zero-order valence-electron chi connectivity index (χ0n) is 14.8. The third-order valence-corrected chi connectivity index (χ3v) is 0. The number of rotatable bonds is 0. The molecule has 0 aromatic carbocycles. The maximum absolute atomic E-state index is 8.10. The summed E-state index contributed by atoms with van der Waals surface area (Å²) in [6, 6.07) is 0. The van der Waals surface area contributed by atoms with Crippen molar-refractivity contribution in [3.63, 3.8) is 0 Å². The van der Waals surface area contributed by atoms with Crippen LogP contribution < -0.4 is 0 Å². The van der Waals surface area contributed by atoms with Crippen molar-refractivity contribution >= 4 is 12.4 Å². The predicted octanol–water partition coefficient (Wildman–Crippen LogP) is 7.02. The van der Waals surface area contributed by atoms with E-state index >= 15 is 0 Å². The quantitative estimate of drug-likeness (QED) is 0.320. The second-order valence-electron chi connectivity index (χ2n) is 0. The van der Waals surface area contributed by atoms with Gasteiger partial charge in [0.15, 0.2) is 0 Å². The third kappa shape index (κ3) is 9300. The summed E-state index contributed by atoms with van der Waals surface area (Å²) in [4.78, 5) is 0. The molecular formula is C16H41ClOPd-8. The molecule has 19 heavy (non-hydrogen) atoms. The van der Waals surface area contributed by atoms with E-state index in [9.17, 15) is 0 Å². The van der Waals surface area contributed by atoms with E-state index in [4.69, 9.17) is 3.47 Å². The molecule has 0 saturated heterocycles. The maximum atomic E-state index is 8.10. The Labute approximate surface area is 145 Å². The van der Waals surface area contributed by atoms with Crippen LogP contribution >= 0.6 is 12.4 Å². The predicted molar refractivity (Wildman–Crippen MR) is 96.2 cm³/mol. The molecule has 0 aromatic rings. The van der Waals surface area contributed by atoms with Gasteiger partial charge in [-0.2, -0.15) is 55.4 Å². The summed E-state index contributed by atoms with van der Waals surface area (Å²) in [5, 5.41) is 0. The van der Waals surface area contributed by atoms with Gasteiger partial charge < -0.3 is 55.4 Å². The molecule has 0 aliphatic rings. The summed E-state index contributed by atoms with van der Waals surface area (Å²) < 4.78 is 8.10. The molecule has 0 heterocycles. The van der Waals surface area contributed by atoms with Gasteiger partial charge >= 0.3 is 22.6 Å². The first kappa shape index (κ1) is 73.0. The molecule has 1 nitrogen and oxygen atoms in total. The first-order chi connectivity index (χ1) is 9.00. The zero-order valence-corrected chi connectivity index (χ0v) is 17.2. The van der Waals surface area contributed by atoms with Gasteiger partial charge in [0, 0.05) is 0 Å². The Morgan fingerprint density at radius 1 is 0.368 bits per heavy atom. The molecule has 0 aliphatic carbocycles. The Bertz CT molecular complexity index is 16.7. The molecule has 0 saturated carbocycles. The van der Waals surface area contributed by atoms with Crippen molar-refractivity contribution in [2.75, 3.05) is 0 Å². The summed E-state index contributed by atoms with van der Waals surface area (Å²) in [7, 11) is 0. The Balaban J connectivity index is -0.00000000596. The van der Waals surface area contributed by atoms with Crippen molar-refractivity contribution in [2.45, 2.75) is 55.4 Å². The summed E-state index contributed by atoms with van der Waals surface area (Å²) in [5.41, 5.74) is 0. The first-order valence-corrected chi connectivity index (χ1v) is 6.42. The average molecular weight is 391 g/mol. The van der Waals surface area contributed by atoms with Crippen LogP contribution in [0.2, 0.25) is 0 Å². The second-order valence-corrected chi connectivity index (χ2v) is 0. The van der Waals surface area contributed by atoms with Crippen LogP contribution in [0.3, 0.4) is 0 Å². The van der Waals surface area contributed by atoms with E-state index in [0.717, 1.165) is 0 Å². The fourth-order valence-electron chi connectivity index (χ4n) is 0. The van der Waals surface area contributed by atoms with Crippen molar-refractivity contribution in [3.8, 4) is 0 Å². The Kier molecular flexibility index (Phi) is 40100. The molecule has 0 rings (SSSR count). The van der Waals surface area contributed by atoms with Gasteiger partial charge in [-0.05, 0) is 0 Å². The molecule has 3 heteroatoms. The van der Waals surface area contributed by atoms with Crippen LogP contribution in [0.4, 0.5) is 0 Å². The number of halogens is 1. The standard InChI is InChI=1S/8C2H5.ClH.O.Pd/c8*1-2;;;/h8*1H2,2H3;1H;;/q8*-1;;;. The van der Waals surface area contributed by atoms with E-state index in [1.54, 1.807) is 55.4 Å². The molecule has 0 unspecified atom stereocenters. The molecule has 0 N–H and O–H groups in total. The van der Waals surface area contributed by atoms with E-state index in [1.807, 2.05) is 0 Å². The Morgan fingerprint density at radius 2 is 0.368 bits per heavy atom. The van der Waals surface area contributed by atoms with Crippen molar-refractivity contribution in [1.82, 2.24) is 0 Å². The van der Waals surface area contributed by atoms with Gasteiger partial charge in [0.05, 0.1) is 0 Å². The normalized spacial score (nSPS) is 2.84. The molecule has 0 fully saturated rings. The van der Waals surface area contributed by atoms with Gasteiger partial charge in [-0.1, -0.05) is 0 Å². The van der Waals surface area contributed by atoms with Gasteiger partial charge in [0.2, 0.25) is 0 Å². The van der Waals surface area contributed by atoms with Crippen LogP contribution in [0.1, 0.15) is 55.4 Å². The summed E-state index contributed by atoms with van der Waals surface area (Å²) in [6.07, 6.45) is 0. The molecular weight excluding hydrogens is 350 g/mol. The molecule has 0 bridgehead atoms. The van der Waals surface area contributed by atoms with Gasteiger partial charge in [0.1, 0.15) is 0 Å². The van der Waals surface area contributed by atoms with Gasteiger partial charge in [-0.15, -0.1) is 12.4 Å². The first-order valence-electron chi connectivity index (χ1n) is 5.79. The van der Waals surface area contributed by atoms with Crippen molar-refractivity contribution in [1.29, 1.82) is 0 Å². The molecule has 0 aliphatic heterocycles. The number of hydrogen-bond acceptors (Lipinski definition) is 1. The fraction of sp³-hybridized carbons (Fsp3) is 0.500. The molecule has 0 spiro atoms. The van der Waals surface area contributed by atoms with Gasteiger partial charge in [0.25, 0.3) is 0 Å². The summed E-state index contributed by atoms with van der Waals surface area (Å²) in [5.74, 6) is 0. The molecule has 136 valence electrons. The SMILES string of the molecule is Cl.[CH2-]C.[CH2-]C.[CH2-]C.[CH2-]C.[CH2-]C.[CH2-]C.[CH2-]C.[CH2-]C.[O]=[Pd]. The van der Waals surface area contributed by atoms with Crippen molar-refractivity contribution in [3.05, 3.63) is 55.4 Å². The van der Waals surface area contributed by atoms with Gasteiger partial charge in [-0.25, -0.2) is 0 Å². The second kappa shape index (κ2) is 10400. The van der Waals surface area contributed by atoms with Crippen LogP contribution in [0.15, 0.2) is 0 Å².